The van der Waals surface area contributed by atoms with Gasteiger partial charge < -0.3 is 9.47 Å². The Morgan fingerprint density at radius 1 is 0.698 bits per heavy atom. The summed E-state index contributed by atoms with van der Waals surface area (Å²) in [5.41, 5.74) is 1.34. The fourth-order valence-corrected chi connectivity index (χ4v) is 8.27. The van der Waals surface area contributed by atoms with Gasteiger partial charge in [-0.1, -0.05) is 116 Å². The Labute approximate surface area is 270 Å². The standard InChI is InChI=1S/C35H56N2O4S2/c1-8-14-18-26(12-5)23-40-28-22-25(7)30(41-24-27(13-6)19-15-9-2)32-31(28)42-35(43-32)29-33(38)36(20-16-10-3)37(34(29)39)21-17-11-4/h22,26-27H,8-21,23-24H2,1-7H3. The zero-order chi connectivity index (χ0) is 31.4. The molecule has 1 aromatic carbocycles. The number of hydrazine groups is 1. The molecule has 43 heavy (non-hydrogen) atoms. The highest BCUT2D eigenvalue weighted by Crippen LogP contribution is 2.60. The van der Waals surface area contributed by atoms with Crippen LogP contribution in [-0.4, -0.2) is 48.1 Å². The molecule has 2 atom stereocenters. The molecule has 0 N–H and O–H groups in total. The smallest absolute Gasteiger partial charge is 0.279 e. The lowest BCUT2D eigenvalue weighted by Crippen LogP contribution is -2.42. The van der Waals surface area contributed by atoms with Crippen molar-refractivity contribution >= 4 is 35.3 Å². The molecule has 0 spiro atoms. The van der Waals surface area contributed by atoms with E-state index in [2.05, 4.69) is 54.5 Å². The second-order valence-electron chi connectivity index (χ2n) is 12.1. The van der Waals surface area contributed by atoms with Gasteiger partial charge in [-0.15, -0.1) is 0 Å². The van der Waals surface area contributed by atoms with E-state index in [-0.39, 0.29) is 11.8 Å². The Morgan fingerprint density at radius 2 is 1.19 bits per heavy atom. The molecule has 1 fully saturated rings. The molecule has 2 aliphatic heterocycles. The molecule has 0 aliphatic carbocycles. The normalized spacial score (nSPS) is 16.3. The fraction of sp³-hybridized carbons (Fsp3) is 0.714. The van der Waals surface area contributed by atoms with Gasteiger partial charge in [0.1, 0.15) is 17.1 Å². The predicted molar refractivity (Wildman–Crippen MR) is 181 cm³/mol. The molecular weight excluding hydrogens is 577 g/mol. The molecule has 8 heteroatoms. The Hall–Kier alpha value is -1.80. The summed E-state index contributed by atoms with van der Waals surface area (Å²) in [5, 5.41) is 3.38. The Bertz CT molecular complexity index is 1080. The van der Waals surface area contributed by atoms with Gasteiger partial charge in [0.2, 0.25) is 0 Å². The number of amides is 2. The maximum atomic E-state index is 13.8. The van der Waals surface area contributed by atoms with Crippen LogP contribution in [0.5, 0.6) is 11.5 Å². The van der Waals surface area contributed by atoms with Crippen LogP contribution in [-0.2, 0) is 9.59 Å². The number of thioether (sulfide) groups is 2. The minimum Gasteiger partial charge on any atom is -0.492 e. The first-order valence-electron chi connectivity index (χ1n) is 17.0. The van der Waals surface area contributed by atoms with Crippen LogP contribution in [0.1, 0.15) is 124 Å². The number of hydrogen-bond acceptors (Lipinski definition) is 6. The molecule has 1 aromatic rings. The zero-order valence-corrected chi connectivity index (χ0v) is 29.5. The van der Waals surface area contributed by atoms with Crippen molar-refractivity contribution in [2.75, 3.05) is 26.3 Å². The highest BCUT2D eigenvalue weighted by molar-refractivity contribution is 8.25. The molecule has 3 rings (SSSR count). The van der Waals surface area contributed by atoms with Crippen molar-refractivity contribution in [3.8, 4) is 11.5 Å². The number of hydrogen-bond donors (Lipinski definition) is 0. The fourth-order valence-electron chi connectivity index (χ4n) is 5.51. The van der Waals surface area contributed by atoms with Crippen molar-refractivity contribution < 1.29 is 19.1 Å². The summed E-state index contributed by atoms with van der Waals surface area (Å²) < 4.78 is 13.9. The second kappa shape index (κ2) is 18.2. The molecule has 242 valence electrons. The SMILES string of the molecule is CCCCC(CC)COc1cc(C)c(OCC(CC)CCCC)c2c1SC(=C1C(=O)N(CCCC)N(CCCC)C1=O)S2. The topological polar surface area (TPSA) is 59.1 Å². The molecule has 0 bridgehead atoms. The molecule has 1 saturated heterocycles. The predicted octanol–water partition coefficient (Wildman–Crippen LogP) is 9.78. The summed E-state index contributed by atoms with van der Waals surface area (Å²) in [5.74, 6) is 2.37. The molecule has 2 unspecified atom stereocenters. The van der Waals surface area contributed by atoms with Gasteiger partial charge in [-0.3, -0.25) is 9.59 Å². The van der Waals surface area contributed by atoms with Crippen molar-refractivity contribution in [3.05, 3.63) is 21.4 Å². The first-order valence-corrected chi connectivity index (χ1v) is 18.6. The lowest BCUT2D eigenvalue weighted by Gasteiger charge is -2.27. The number of benzene rings is 1. The van der Waals surface area contributed by atoms with Gasteiger partial charge in [-0.25, -0.2) is 10.0 Å². The molecule has 0 saturated carbocycles. The highest BCUT2D eigenvalue weighted by atomic mass is 32.2. The highest BCUT2D eigenvalue weighted by Gasteiger charge is 2.44. The Morgan fingerprint density at radius 3 is 1.67 bits per heavy atom. The number of aryl methyl sites for hydroxylation is 1. The van der Waals surface area contributed by atoms with Gasteiger partial charge in [0.05, 0.1) is 27.2 Å². The van der Waals surface area contributed by atoms with Gasteiger partial charge in [0.15, 0.2) is 0 Å². The van der Waals surface area contributed by atoms with Gasteiger partial charge in [-0.05, 0) is 56.1 Å². The van der Waals surface area contributed by atoms with E-state index in [1.54, 1.807) is 10.0 Å². The van der Waals surface area contributed by atoms with Crippen molar-refractivity contribution in [1.82, 2.24) is 10.0 Å². The Kier molecular flexibility index (Phi) is 15.1. The number of carbonyl (C=O) groups is 2. The Balaban J connectivity index is 1.99. The van der Waals surface area contributed by atoms with Crippen molar-refractivity contribution in [2.45, 2.75) is 135 Å². The third-order valence-electron chi connectivity index (χ3n) is 8.60. The average Bonchev–Trinajstić information content (AvgIpc) is 3.53. The lowest BCUT2D eigenvalue weighted by atomic mass is 10.0. The van der Waals surface area contributed by atoms with Crippen LogP contribution in [0.4, 0.5) is 0 Å². The number of carbonyl (C=O) groups excluding carboxylic acids is 2. The number of unbranched alkanes of at least 4 members (excludes halogenated alkanes) is 4. The summed E-state index contributed by atoms with van der Waals surface area (Å²) >= 11 is 3.04. The minimum absolute atomic E-state index is 0.171. The summed E-state index contributed by atoms with van der Waals surface area (Å²) in [4.78, 5) is 29.6. The number of fused-ring (bicyclic) bond motifs is 1. The van der Waals surface area contributed by atoms with Crippen LogP contribution < -0.4 is 9.47 Å². The van der Waals surface area contributed by atoms with Crippen molar-refractivity contribution in [1.29, 1.82) is 0 Å². The van der Waals surface area contributed by atoms with Crippen molar-refractivity contribution in [2.24, 2.45) is 11.8 Å². The van der Waals surface area contributed by atoms with Crippen molar-refractivity contribution in [3.63, 3.8) is 0 Å². The van der Waals surface area contributed by atoms with E-state index >= 15 is 0 Å². The summed E-state index contributed by atoms with van der Waals surface area (Å²) in [6, 6.07) is 2.11. The minimum atomic E-state index is -0.171. The molecule has 2 amide bonds. The van der Waals surface area contributed by atoms with Gasteiger partial charge in [-0.2, -0.15) is 0 Å². The van der Waals surface area contributed by atoms with E-state index in [4.69, 9.17) is 9.47 Å². The van der Waals surface area contributed by atoms with Gasteiger partial charge in [0.25, 0.3) is 11.8 Å². The summed E-state index contributed by atoms with van der Waals surface area (Å²) in [7, 11) is 0. The molecule has 2 aliphatic rings. The number of rotatable bonds is 20. The molecule has 0 aromatic heterocycles. The molecule has 2 heterocycles. The molecule has 0 radical (unpaired) electrons. The largest absolute Gasteiger partial charge is 0.492 e. The van der Waals surface area contributed by atoms with E-state index in [1.807, 2.05) is 0 Å². The first kappa shape index (κ1) is 35.7. The van der Waals surface area contributed by atoms with E-state index in [1.165, 1.54) is 49.2 Å². The van der Waals surface area contributed by atoms with Gasteiger partial charge in [0, 0.05) is 13.1 Å². The number of ether oxygens (including phenoxy) is 2. The first-order chi connectivity index (χ1) is 20.8. The average molecular weight is 633 g/mol. The monoisotopic (exact) mass is 632 g/mol. The maximum absolute atomic E-state index is 13.8. The van der Waals surface area contributed by atoms with Crippen LogP contribution in [0.15, 0.2) is 25.7 Å². The zero-order valence-electron chi connectivity index (χ0n) is 27.9. The van der Waals surface area contributed by atoms with Crippen LogP contribution in [0.3, 0.4) is 0 Å². The molecular formula is C35H56N2O4S2. The second-order valence-corrected chi connectivity index (χ2v) is 14.4. The van der Waals surface area contributed by atoms with E-state index in [9.17, 15) is 9.59 Å². The summed E-state index contributed by atoms with van der Waals surface area (Å²) in [6.45, 7) is 17.7. The maximum Gasteiger partial charge on any atom is 0.279 e. The number of nitrogens with zero attached hydrogens (tertiary/aromatic N) is 2. The van der Waals surface area contributed by atoms with Crippen LogP contribution >= 0.6 is 23.5 Å². The van der Waals surface area contributed by atoms with E-state index < -0.39 is 0 Å². The quantitative estimate of drug-likeness (QED) is 0.105. The lowest BCUT2D eigenvalue weighted by molar-refractivity contribution is -0.147. The van der Waals surface area contributed by atoms with E-state index in [0.717, 1.165) is 82.5 Å². The summed E-state index contributed by atoms with van der Waals surface area (Å²) in [6.07, 6.45) is 12.9. The third-order valence-corrected chi connectivity index (χ3v) is 11.2. The molecule has 6 nitrogen and oxygen atoms in total. The third kappa shape index (κ3) is 9.12. The van der Waals surface area contributed by atoms with E-state index in [0.29, 0.717) is 43.7 Å². The van der Waals surface area contributed by atoms with Crippen LogP contribution in [0.2, 0.25) is 0 Å². The van der Waals surface area contributed by atoms with Crippen LogP contribution in [0.25, 0.3) is 0 Å². The van der Waals surface area contributed by atoms with Gasteiger partial charge >= 0.3 is 0 Å². The van der Waals surface area contributed by atoms with Crippen LogP contribution in [0, 0.1) is 18.8 Å².